The Balaban J connectivity index is 1.94. The van der Waals surface area contributed by atoms with Gasteiger partial charge in [-0.2, -0.15) is 0 Å². The van der Waals surface area contributed by atoms with Gasteiger partial charge >= 0.3 is 0 Å². The number of H-pyrrole nitrogens is 1. The number of hydrogen-bond donors (Lipinski definition) is 2. The van der Waals surface area contributed by atoms with Crippen LogP contribution in [0.2, 0.25) is 0 Å². The molecule has 0 fully saturated rings. The van der Waals surface area contributed by atoms with Crippen molar-refractivity contribution in [2.45, 2.75) is 6.54 Å². The molecule has 2 rings (SSSR count). The first-order valence-electron chi connectivity index (χ1n) is 4.53. The standard InChI is InChI=1S/C10H10N4O/c15-10(8-1-3-11-4-2-8)14-7-9-12-5-6-13-9/h1-6H,7H2,(H,12,13)(H,14,15). The average Bonchev–Trinajstić information content (AvgIpc) is 2.80. The van der Waals surface area contributed by atoms with E-state index < -0.39 is 0 Å². The lowest BCUT2D eigenvalue weighted by atomic mass is 10.2. The smallest absolute Gasteiger partial charge is 0.251 e. The highest BCUT2D eigenvalue weighted by Gasteiger charge is 2.04. The van der Waals surface area contributed by atoms with Gasteiger partial charge in [0, 0.05) is 30.4 Å². The number of aromatic amines is 1. The van der Waals surface area contributed by atoms with Crippen molar-refractivity contribution >= 4 is 5.91 Å². The fourth-order valence-corrected chi connectivity index (χ4v) is 1.16. The molecule has 0 aliphatic carbocycles. The third-order valence-corrected chi connectivity index (χ3v) is 1.91. The van der Waals surface area contributed by atoms with Gasteiger partial charge in [0.2, 0.25) is 0 Å². The zero-order valence-electron chi connectivity index (χ0n) is 7.97. The lowest BCUT2D eigenvalue weighted by molar-refractivity contribution is 0.0950. The first-order valence-corrected chi connectivity index (χ1v) is 4.53. The van der Waals surface area contributed by atoms with Gasteiger partial charge < -0.3 is 10.3 Å². The van der Waals surface area contributed by atoms with E-state index in [1.54, 1.807) is 36.9 Å². The maximum absolute atomic E-state index is 11.6. The topological polar surface area (TPSA) is 70.7 Å². The van der Waals surface area contributed by atoms with Crippen molar-refractivity contribution in [3.63, 3.8) is 0 Å². The van der Waals surface area contributed by atoms with Gasteiger partial charge in [0.05, 0.1) is 6.54 Å². The van der Waals surface area contributed by atoms with Crippen LogP contribution in [0, 0.1) is 0 Å². The van der Waals surface area contributed by atoms with Gasteiger partial charge in [0.1, 0.15) is 5.82 Å². The van der Waals surface area contributed by atoms with E-state index in [-0.39, 0.29) is 5.91 Å². The molecule has 0 saturated carbocycles. The Labute approximate surface area is 86.6 Å². The first kappa shape index (κ1) is 9.39. The Kier molecular flexibility index (Phi) is 2.73. The zero-order valence-corrected chi connectivity index (χ0v) is 7.97. The van der Waals surface area contributed by atoms with Crippen LogP contribution in [0.1, 0.15) is 16.2 Å². The number of amides is 1. The highest BCUT2D eigenvalue weighted by atomic mass is 16.1. The number of imidazole rings is 1. The second-order valence-corrected chi connectivity index (χ2v) is 2.95. The summed E-state index contributed by atoms with van der Waals surface area (Å²) in [4.78, 5) is 22.3. The van der Waals surface area contributed by atoms with Crippen molar-refractivity contribution in [3.05, 3.63) is 48.3 Å². The SMILES string of the molecule is O=C(NCc1ncc[nH]1)c1ccncc1. The maximum atomic E-state index is 11.6. The summed E-state index contributed by atoms with van der Waals surface area (Å²) in [7, 11) is 0. The second kappa shape index (κ2) is 4.36. The highest BCUT2D eigenvalue weighted by molar-refractivity contribution is 5.93. The van der Waals surface area contributed by atoms with E-state index in [2.05, 4.69) is 20.3 Å². The largest absolute Gasteiger partial charge is 0.347 e. The molecule has 0 aliphatic rings. The predicted octanol–water partition coefficient (Wildman–Crippen LogP) is 0.735. The van der Waals surface area contributed by atoms with Crippen LogP contribution < -0.4 is 5.32 Å². The van der Waals surface area contributed by atoms with Gasteiger partial charge in [0.15, 0.2) is 0 Å². The molecule has 1 amide bonds. The number of hydrogen-bond acceptors (Lipinski definition) is 3. The molecule has 15 heavy (non-hydrogen) atoms. The number of nitrogens with one attached hydrogen (secondary N) is 2. The number of nitrogens with zero attached hydrogens (tertiary/aromatic N) is 2. The van der Waals surface area contributed by atoms with E-state index in [1.165, 1.54) is 0 Å². The molecule has 0 bridgehead atoms. The quantitative estimate of drug-likeness (QED) is 0.771. The molecular weight excluding hydrogens is 192 g/mol. The molecule has 0 aromatic carbocycles. The lowest BCUT2D eigenvalue weighted by Crippen LogP contribution is -2.23. The molecule has 0 atom stereocenters. The summed E-state index contributed by atoms with van der Waals surface area (Å²) in [5, 5.41) is 2.74. The average molecular weight is 202 g/mol. The van der Waals surface area contributed by atoms with E-state index in [1.807, 2.05) is 0 Å². The molecule has 0 radical (unpaired) electrons. The van der Waals surface area contributed by atoms with Crippen LogP contribution in [0.3, 0.4) is 0 Å². The summed E-state index contributed by atoms with van der Waals surface area (Å²) in [6.07, 6.45) is 6.53. The van der Waals surface area contributed by atoms with E-state index in [4.69, 9.17) is 0 Å². The molecule has 2 heterocycles. The van der Waals surface area contributed by atoms with Crippen LogP contribution in [0.5, 0.6) is 0 Å². The van der Waals surface area contributed by atoms with Crippen molar-refractivity contribution in [1.82, 2.24) is 20.3 Å². The number of aromatic nitrogens is 3. The summed E-state index contributed by atoms with van der Waals surface area (Å²) >= 11 is 0. The van der Waals surface area contributed by atoms with E-state index in [0.717, 1.165) is 5.82 Å². The molecule has 2 aromatic heterocycles. The number of carbonyl (C=O) groups excluding carboxylic acids is 1. The maximum Gasteiger partial charge on any atom is 0.251 e. The zero-order chi connectivity index (χ0) is 10.5. The minimum atomic E-state index is -0.131. The minimum absolute atomic E-state index is 0.131. The van der Waals surface area contributed by atoms with Crippen LogP contribution in [-0.4, -0.2) is 20.9 Å². The molecule has 0 spiro atoms. The molecule has 0 aliphatic heterocycles. The Hall–Kier alpha value is -2.17. The van der Waals surface area contributed by atoms with Crippen molar-refractivity contribution < 1.29 is 4.79 Å². The second-order valence-electron chi connectivity index (χ2n) is 2.95. The van der Waals surface area contributed by atoms with Gasteiger partial charge in [-0.3, -0.25) is 9.78 Å². The Morgan fingerprint density at radius 1 is 1.33 bits per heavy atom. The van der Waals surface area contributed by atoms with Crippen molar-refractivity contribution in [3.8, 4) is 0 Å². The summed E-state index contributed by atoms with van der Waals surface area (Å²) in [6, 6.07) is 3.33. The van der Waals surface area contributed by atoms with Crippen molar-refractivity contribution in [2.24, 2.45) is 0 Å². The van der Waals surface area contributed by atoms with Gasteiger partial charge in [0.25, 0.3) is 5.91 Å². The van der Waals surface area contributed by atoms with Gasteiger partial charge in [-0.1, -0.05) is 0 Å². The Morgan fingerprint density at radius 2 is 2.13 bits per heavy atom. The predicted molar refractivity (Wildman–Crippen MR) is 54.0 cm³/mol. The lowest BCUT2D eigenvalue weighted by Gasteiger charge is -2.02. The Bertz CT molecular complexity index is 424. The summed E-state index contributed by atoms with van der Waals surface area (Å²) in [5.74, 6) is 0.603. The first-order chi connectivity index (χ1) is 7.36. The molecule has 76 valence electrons. The molecular formula is C10H10N4O. The fourth-order valence-electron chi connectivity index (χ4n) is 1.16. The molecule has 0 unspecified atom stereocenters. The van der Waals surface area contributed by atoms with Gasteiger partial charge in [-0.25, -0.2) is 4.98 Å². The number of pyridine rings is 1. The van der Waals surface area contributed by atoms with Crippen molar-refractivity contribution in [1.29, 1.82) is 0 Å². The van der Waals surface area contributed by atoms with Gasteiger partial charge in [-0.15, -0.1) is 0 Å². The van der Waals surface area contributed by atoms with E-state index in [9.17, 15) is 4.79 Å². The van der Waals surface area contributed by atoms with E-state index >= 15 is 0 Å². The van der Waals surface area contributed by atoms with Crippen LogP contribution >= 0.6 is 0 Å². The Morgan fingerprint density at radius 3 is 2.80 bits per heavy atom. The fraction of sp³-hybridized carbons (Fsp3) is 0.100. The molecule has 2 N–H and O–H groups in total. The van der Waals surface area contributed by atoms with E-state index in [0.29, 0.717) is 12.1 Å². The summed E-state index contributed by atoms with van der Waals surface area (Å²) in [6.45, 7) is 0.397. The third kappa shape index (κ3) is 2.40. The van der Waals surface area contributed by atoms with Gasteiger partial charge in [-0.05, 0) is 12.1 Å². The normalized spacial score (nSPS) is 9.87. The van der Waals surface area contributed by atoms with Crippen LogP contribution in [0.4, 0.5) is 0 Å². The molecule has 5 nitrogen and oxygen atoms in total. The summed E-state index contributed by atoms with van der Waals surface area (Å²) in [5.41, 5.74) is 0.594. The number of carbonyl (C=O) groups is 1. The minimum Gasteiger partial charge on any atom is -0.347 e. The summed E-state index contributed by atoms with van der Waals surface area (Å²) < 4.78 is 0. The highest BCUT2D eigenvalue weighted by Crippen LogP contribution is 1.96. The third-order valence-electron chi connectivity index (χ3n) is 1.91. The monoisotopic (exact) mass is 202 g/mol. The molecule has 0 saturated heterocycles. The molecule has 5 heteroatoms. The van der Waals surface area contributed by atoms with Crippen LogP contribution in [-0.2, 0) is 6.54 Å². The number of rotatable bonds is 3. The van der Waals surface area contributed by atoms with Crippen LogP contribution in [0.25, 0.3) is 0 Å². The molecule has 2 aromatic rings. The van der Waals surface area contributed by atoms with Crippen molar-refractivity contribution in [2.75, 3.05) is 0 Å². The van der Waals surface area contributed by atoms with Crippen LogP contribution in [0.15, 0.2) is 36.9 Å².